The number of nitrogens with one attached hydrogen (secondary N) is 1. The van der Waals surface area contributed by atoms with Crippen LogP contribution in [0.3, 0.4) is 0 Å². The summed E-state index contributed by atoms with van der Waals surface area (Å²) in [7, 11) is 1.91. The van der Waals surface area contributed by atoms with Gasteiger partial charge in [-0.3, -0.25) is 4.68 Å². The van der Waals surface area contributed by atoms with Gasteiger partial charge in [0.05, 0.1) is 29.8 Å². The van der Waals surface area contributed by atoms with Gasteiger partial charge >= 0.3 is 0 Å². The Morgan fingerprint density at radius 3 is 2.95 bits per heavy atom. The number of hydrogen-bond donors (Lipinski definition) is 1. The van der Waals surface area contributed by atoms with Gasteiger partial charge in [-0.2, -0.15) is 5.10 Å². The van der Waals surface area contributed by atoms with Crippen LogP contribution in [-0.2, 0) is 11.8 Å². The molecule has 112 valence electrons. The van der Waals surface area contributed by atoms with E-state index in [0.717, 1.165) is 35.7 Å². The zero-order chi connectivity index (χ0) is 14.4. The molecule has 0 radical (unpaired) electrons. The molecule has 0 aromatic carbocycles. The molecule has 2 aromatic rings. The summed E-state index contributed by atoms with van der Waals surface area (Å²) >= 11 is 0. The van der Waals surface area contributed by atoms with Crippen molar-refractivity contribution in [1.29, 1.82) is 0 Å². The molecule has 3 heterocycles. The van der Waals surface area contributed by atoms with Crippen molar-refractivity contribution in [2.75, 3.05) is 11.9 Å². The first-order valence-corrected chi connectivity index (χ1v) is 7.72. The fourth-order valence-corrected chi connectivity index (χ4v) is 3.74. The molecule has 1 aliphatic heterocycles. The summed E-state index contributed by atoms with van der Waals surface area (Å²) in [6, 6.07) is 0.334. The maximum atomic E-state index is 6.11. The third-order valence-electron chi connectivity index (χ3n) is 4.77. The zero-order valence-corrected chi connectivity index (χ0v) is 12.6. The Kier molecular flexibility index (Phi) is 2.89. The van der Waals surface area contributed by atoms with E-state index >= 15 is 0 Å². The van der Waals surface area contributed by atoms with Crippen LogP contribution in [-0.4, -0.2) is 38.0 Å². The van der Waals surface area contributed by atoms with E-state index in [1.165, 1.54) is 25.7 Å². The van der Waals surface area contributed by atoms with E-state index in [-0.39, 0.29) is 5.60 Å². The largest absolute Gasteiger partial charge is 0.373 e. The van der Waals surface area contributed by atoms with Crippen LogP contribution in [0.25, 0.3) is 11.0 Å². The Bertz CT molecular complexity index is 674. The van der Waals surface area contributed by atoms with Crippen molar-refractivity contribution in [3.8, 4) is 0 Å². The standard InChI is InChI=1S/C15H21N5O/c1-10-17-13(12-8-16-20(2)14(12)18-10)19-11-7-15(21-9-11)5-3-4-6-15/h8,11H,3-7,9H2,1-2H3,(H,17,18,19)/t11-/m1/s1. The number of rotatable bonds is 2. The molecule has 1 aliphatic carbocycles. The van der Waals surface area contributed by atoms with Crippen molar-refractivity contribution in [2.24, 2.45) is 7.05 Å². The highest BCUT2D eigenvalue weighted by Gasteiger charge is 2.42. The van der Waals surface area contributed by atoms with E-state index in [1.807, 2.05) is 20.2 Å². The highest BCUT2D eigenvalue weighted by atomic mass is 16.5. The molecule has 2 fully saturated rings. The van der Waals surface area contributed by atoms with Crippen molar-refractivity contribution in [3.63, 3.8) is 0 Å². The summed E-state index contributed by atoms with van der Waals surface area (Å²) in [4.78, 5) is 9.02. The van der Waals surface area contributed by atoms with Crippen LogP contribution in [0.5, 0.6) is 0 Å². The predicted molar refractivity (Wildman–Crippen MR) is 80.2 cm³/mol. The molecular formula is C15H21N5O. The van der Waals surface area contributed by atoms with Gasteiger partial charge in [-0.05, 0) is 26.2 Å². The Morgan fingerprint density at radius 1 is 1.33 bits per heavy atom. The Labute approximate surface area is 123 Å². The summed E-state index contributed by atoms with van der Waals surface area (Å²) in [6.07, 6.45) is 7.92. The van der Waals surface area contributed by atoms with Crippen LogP contribution in [0.1, 0.15) is 37.9 Å². The van der Waals surface area contributed by atoms with Gasteiger partial charge in [0.15, 0.2) is 5.65 Å². The average Bonchev–Trinajstić information content (AvgIpc) is 3.15. The summed E-state index contributed by atoms with van der Waals surface area (Å²) in [6.45, 7) is 2.69. The third kappa shape index (κ3) is 2.18. The average molecular weight is 287 g/mol. The van der Waals surface area contributed by atoms with Crippen molar-refractivity contribution in [2.45, 2.75) is 50.7 Å². The van der Waals surface area contributed by atoms with Crippen LogP contribution in [0, 0.1) is 6.92 Å². The van der Waals surface area contributed by atoms with Crippen LogP contribution >= 0.6 is 0 Å². The molecule has 1 spiro atoms. The minimum Gasteiger partial charge on any atom is -0.373 e. The van der Waals surface area contributed by atoms with Gasteiger partial charge in [0, 0.05) is 7.05 Å². The second-order valence-corrected chi connectivity index (χ2v) is 6.37. The zero-order valence-electron chi connectivity index (χ0n) is 12.6. The predicted octanol–water partition coefficient (Wildman–Crippen LogP) is 2.19. The number of ether oxygens (including phenoxy) is 1. The van der Waals surface area contributed by atoms with Gasteiger partial charge in [0.1, 0.15) is 11.6 Å². The molecule has 4 rings (SSSR count). The van der Waals surface area contributed by atoms with Crippen molar-refractivity contribution in [3.05, 3.63) is 12.0 Å². The van der Waals surface area contributed by atoms with Crippen molar-refractivity contribution >= 4 is 16.9 Å². The van der Waals surface area contributed by atoms with Gasteiger partial charge in [-0.1, -0.05) is 12.8 Å². The summed E-state index contributed by atoms with van der Waals surface area (Å²) in [5.41, 5.74) is 1.01. The molecule has 1 atom stereocenters. The monoisotopic (exact) mass is 287 g/mol. The summed E-state index contributed by atoms with van der Waals surface area (Å²) in [5.74, 6) is 1.65. The second kappa shape index (κ2) is 4.66. The molecule has 6 heteroatoms. The van der Waals surface area contributed by atoms with Gasteiger partial charge in [0.25, 0.3) is 0 Å². The molecule has 1 saturated carbocycles. The highest BCUT2D eigenvalue weighted by Crippen LogP contribution is 2.41. The molecule has 0 amide bonds. The quantitative estimate of drug-likeness (QED) is 0.917. The van der Waals surface area contributed by atoms with Crippen molar-refractivity contribution in [1.82, 2.24) is 19.7 Å². The number of nitrogens with zero attached hydrogens (tertiary/aromatic N) is 4. The molecule has 2 aliphatic rings. The first-order valence-electron chi connectivity index (χ1n) is 7.72. The normalized spacial score (nSPS) is 24.2. The lowest BCUT2D eigenvalue weighted by Crippen LogP contribution is -2.25. The molecule has 0 unspecified atom stereocenters. The number of anilines is 1. The lowest BCUT2D eigenvalue weighted by Gasteiger charge is -2.21. The maximum Gasteiger partial charge on any atom is 0.163 e. The Morgan fingerprint density at radius 2 is 2.14 bits per heavy atom. The van der Waals surface area contributed by atoms with Gasteiger partial charge < -0.3 is 10.1 Å². The van der Waals surface area contributed by atoms with E-state index in [0.29, 0.717) is 6.04 Å². The highest BCUT2D eigenvalue weighted by molar-refractivity contribution is 5.86. The van der Waals surface area contributed by atoms with Crippen molar-refractivity contribution < 1.29 is 4.74 Å². The summed E-state index contributed by atoms with van der Waals surface area (Å²) < 4.78 is 7.90. The number of aromatic nitrogens is 4. The first-order chi connectivity index (χ1) is 10.2. The molecule has 2 aromatic heterocycles. The minimum absolute atomic E-state index is 0.133. The topological polar surface area (TPSA) is 64.9 Å². The van der Waals surface area contributed by atoms with E-state index in [1.54, 1.807) is 4.68 Å². The molecule has 1 saturated heterocycles. The molecule has 21 heavy (non-hydrogen) atoms. The third-order valence-corrected chi connectivity index (χ3v) is 4.77. The maximum absolute atomic E-state index is 6.11. The molecular weight excluding hydrogens is 266 g/mol. The first kappa shape index (κ1) is 13.0. The Balaban J connectivity index is 1.60. The van der Waals surface area contributed by atoms with Crippen LogP contribution in [0.2, 0.25) is 0 Å². The molecule has 1 N–H and O–H groups in total. The van der Waals surface area contributed by atoms with E-state index in [2.05, 4.69) is 20.4 Å². The second-order valence-electron chi connectivity index (χ2n) is 6.37. The lowest BCUT2D eigenvalue weighted by atomic mass is 9.96. The number of aryl methyl sites for hydroxylation is 2. The van der Waals surface area contributed by atoms with Gasteiger partial charge in [-0.15, -0.1) is 0 Å². The number of fused-ring (bicyclic) bond motifs is 1. The van der Waals surface area contributed by atoms with Gasteiger partial charge in [0.2, 0.25) is 0 Å². The van der Waals surface area contributed by atoms with E-state index in [9.17, 15) is 0 Å². The van der Waals surface area contributed by atoms with E-state index < -0.39 is 0 Å². The number of hydrogen-bond acceptors (Lipinski definition) is 5. The van der Waals surface area contributed by atoms with Crippen LogP contribution < -0.4 is 5.32 Å². The summed E-state index contributed by atoms with van der Waals surface area (Å²) in [5, 5.41) is 8.83. The molecule has 6 nitrogen and oxygen atoms in total. The van der Waals surface area contributed by atoms with E-state index in [4.69, 9.17) is 4.74 Å². The van der Waals surface area contributed by atoms with Crippen LogP contribution in [0.15, 0.2) is 6.20 Å². The lowest BCUT2D eigenvalue weighted by molar-refractivity contribution is 0.0103. The Hall–Kier alpha value is -1.69. The van der Waals surface area contributed by atoms with Crippen LogP contribution in [0.4, 0.5) is 5.82 Å². The minimum atomic E-state index is 0.133. The van der Waals surface area contributed by atoms with Gasteiger partial charge in [-0.25, -0.2) is 9.97 Å². The molecule has 0 bridgehead atoms. The smallest absolute Gasteiger partial charge is 0.163 e. The fourth-order valence-electron chi connectivity index (χ4n) is 3.74. The SMILES string of the molecule is Cc1nc(N[C@H]2COC3(CCCC3)C2)c2cnn(C)c2n1. The fraction of sp³-hybridized carbons (Fsp3) is 0.667.